The standard InChI is InChI=1S/C10H14O2/c1-7-5-9(3-4-11)10(12)6-8(7)2/h5-6,11-12H,3-4H2,1-2H3. The van der Waals surface area contributed by atoms with Crippen LogP contribution in [0.15, 0.2) is 12.1 Å². The normalized spacial score (nSPS) is 10.2. The molecule has 2 heteroatoms. The van der Waals surface area contributed by atoms with E-state index in [2.05, 4.69) is 0 Å². The van der Waals surface area contributed by atoms with E-state index in [1.165, 1.54) is 0 Å². The zero-order chi connectivity index (χ0) is 9.14. The number of rotatable bonds is 2. The van der Waals surface area contributed by atoms with Crippen LogP contribution in [0.1, 0.15) is 16.7 Å². The van der Waals surface area contributed by atoms with Crippen LogP contribution in [0.3, 0.4) is 0 Å². The smallest absolute Gasteiger partial charge is 0.119 e. The second-order valence-corrected chi connectivity index (χ2v) is 3.04. The summed E-state index contributed by atoms with van der Waals surface area (Å²) >= 11 is 0. The fraction of sp³-hybridized carbons (Fsp3) is 0.400. The summed E-state index contributed by atoms with van der Waals surface area (Å²) in [5.74, 6) is 0.284. The van der Waals surface area contributed by atoms with Crippen molar-refractivity contribution in [3.63, 3.8) is 0 Å². The summed E-state index contributed by atoms with van der Waals surface area (Å²) in [6, 6.07) is 3.65. The molecule has 0 amide bonds. The number of aliphatic hydroxyl groups excluding tert-OH is 1. The van der Waals surface area contributed by atoms with E-state index < -0.39 is 0 Å². The van der Waals surface area contributed by atoms with Crippen LogP contribution in [0.2, 0.25) is 0 Å². The highest BCUT2D eigenvalue weighted by Gasteiger charge is 2.02. The number of aryl methyl sites for hydroxylation is 2. The van der Waals surface area contributed by atoms with Gasteiger partial charge in [-0.2, -0.15) is 0 Å². The largest absolute Gasteiger partial charge is 0.508 e. The average molecular weight is 166 g/mol. The van der Waals surface area contributed by atoms with Crippen LogP contribution in [-0.4, -0.2) is 16.8 Å². The first-order chi connectivity index (χ1) is 5.65. The minimum absolute atomic E-state index is 0.0794. The molecular weight excluding hydrogens is 152 g/mol. The highest BCUT2D eigenvalue weighted by molar-refractivity contribution is 5.40. The second-order valence-electron chi connectivity index (χ2n) is 3.04. The molecule has 0 saturated heterocycles. The van der Waals surface area contributed by atoms with Crippen LogP contribution >= 0.6 is 0 Å². The first kappa shape index (κ1) is 9.07. The zero-order valence-electron chi connectivity index (χ0n) is 7.46. The van der Waals surface area contributed by atoms with Gasteiger partial charge in [0.15, 0.2) is 0 Å². The third-order valence-corrected chi connectivity index (χ3v) is 2.08. The molecule has 0 spiro atoms. The maximum absolute atomic E-state index is 9.44. The lowest BCUT2D eigenvalue weighted by Crippen LogP contribution is -1.93. The molecule has 0 radical (unpaired) electrons. The van der Waals surface area contributed by atoms with Gasteiger partial charge in [0.05, 0.1) is 0 Å². The Labute approximate surface area is 72.5 Å². The molecule has 12 heavy (non-hydrogen) atoms. The molecule has 0 aliphatic carbocycles. The lowest BCUT2D eigenvalue weighted by Gasteiger charge is -2.06. The third-order valence-electron chi connectivity index (χ3n) is 2.08. The van der Waals surface area contributed by atoms with Crippen LogP contribution in [0.5, 0.6) is 5.75 Å². The predicted octanol–water partition coefficient (Wildman–Crippen LogP) is 1.54. The van der Waals surface area contributed by atoms with E-state index in [4.69, 9.17) is 5.11 Å². The van der Waals surface area contributed by atoms with Crippen molar-refractivity contribution in [3.05, 3.63) is 28.8 Å². The van der Waals surface area contributed by atoms with E-state index in [9.17, 15) is 5.11 Å². The molecule has 2 nitrogen and oxygen atoms in total. The van der Waals surface area contributed by atoms with Gasteiger partial charge in [0, 0.05) is 6.61 Å². The molecule has 0 fully saturated rings. The Morgan fingerprint density at radius 2 is 1.75 bits per heavy atom. The molecule has 0 aliphatic heterocycles. The molecular formula is C10H14O2. The number of hydrogen-bond donors (Lipinski definition) is 2. The van der Waals surface area contributed by atoms with Crippen molar-refractivity contribution in [2.24, 2.45) is 0 Å². The Kier molecular flexibility index (Phi) is 2.71. The molecule has 0 atom stereocenters. The molecule has 1 aromatic rings. The predicted molar refractivity (Wildman–Crippen MR) is 48.4 cm³/mol. The number of hydrogen-bond acceptors (Lipinski definition) is 2. The first-order valence-electron chi connectivity index (χ1n) is 4.05. The fourth-order valence-electron chi connectivity index (χ4n) is 1.18. The molecule has 2 N–H and O–H groups in total. The summed E-state index contributed by atoms with van der Waals surface area (Å²) in [4.78, 5) is 0. The topological polar surface area (TPSA) is 40.5 Å². The second kappa shape index (κ2) is 3.59. The Bertz CT molecular complexity index is 279. The van der Waals surface area contributed by atoms with E-state index in [1.54, 1.807) is 6.07 Å². The molecule has 1 rings (SSSR count). The van der Waals surface area contributed by atoms with Crippen molar-refractivity contribution in [1.29, 1.82) is 0 Å². The molecule has 0 aliphatic rings. The highest BCUT2D eigenvalue weighted by Crippen LogP contribution is 2.21. The number of aromatic hydroxyl groups is 1. The van der Waals surface area contributed by atoms with E-state index >= 15 is 0 Å². The summed E-state index contributed by atoms with van der Waals surface area (Å²) in [5, 5.41) is 18.1. The Morgan fingerprint density at radius 3 is 2.33 bits per heavy atom. The van der Waals surface area contributed by atoms with Crippen molar-refractivity contribution < 1.29 is 10.2 Å². The lowest BCUT2D eigenvalue weighted by atomic mass is 10.0. The van der Waals surface area contributed by atoms with Gasteiger partial charge in [-0.1, -0.05) is 6.07 Å². The molecule has 1 aromatic carbocycles. The van der Waals surface area contributed by atoms with E-state index in [0.717, 1.165) is 16.7 Å². The quantitative estimate of drug-likeness (QED) is 0.699. The number of phenolic OH excluding ortho intramolecular Hbond substituents is 1. The van der Waals surface area contributed by atoms with Crippen LogP contribution < -0.4 is 0 Å². The van der Waals surface area contributed by atoms with Gasteiger partial charge in [-0.3, -0.25) is 0 Å². The van der Waals surface area contributed by atoms with Crippen molar-refractivity contribution in [2.45, 2.75) is 20.3 Å². The van der Waals surface area contributed by atoms with Crippen molar-refractivity contribution in [1.82, 2.24) is 0 Å². The Balaban J connectivity index is 3.05. The molecule has 0 saturated carbocycles. The van der Waals surface area contributed by atoms with Crippen LogP contribution in [0, 0.1) is 13.8 Å². The monoisotopic (exact) mass is 166 g/mol. The Hall–Kier alpha value is -1.02. The van der Waals surface area contributed by atoms with E-state index in [-0.39, 0.29) is 12.4 Å². The molecule has 0 aromatic heterocycles. The lowest BCUT2D eigenvalue weighted by molar-refractivity contribution is 0.297. The van der Waals surface area contributed by atoms with Gasteiger partial charge in [-0.15, -0.1) is 0 Å². The van der Waals surface area contributed by atoms with E-state index in [1.807, 2.05) is 19.9 Å². The number of aliphatic hydroxyl groups is 1. The molecule has 66 valence electrons. The van der Waals surface area contributed by atoms with Crippen molar-refractivity contribution in [2.75, 3.05) is 6.61 Å². The summed E-state index contributed by atoms with van der Waals surface area (Å²) in [7, 11) is 0. The molecule has 0 unspecified atom stereocenters. The zero-order valence-corrected chi connectivity index (χ0v) is 7.46. The summed E-state index contributed by atoms with van der Waals surface area (Å²) in [6.45, 7) is 4.03. The minimum atomic E-state index is 0.0794. The molecule has 0 heterocycles. The number of phenols is 1. The van der Waals surface area contributed by atoms with Gasteiger partial charge < -0.3 is 10.2 Å². The maximum atomic E-state index is 9.44. The van der Waals surface area contributed by atoms with Crippen LogP contribution in [0.25, 0.3) is 0 Å². The van der Waals surface area contributed by atoms with Gasteiger partial charge in [0.25, 0.3) is 0 Å². The first-order valence-corrected chi connectivity index (χ1v) is 4.05. The van der Waals surface area contributed by atoms with E-state index in [0.29, 0.717) is 6.42 Å². The molecule has 0 bridgehead atoms. The van der Waals surface area contributed by atoms with Gasteiger partial charge >= 0.3 is 0 Å². The summed E-state index contributed by atoms with van der Waals surface area (Å²) in [6.07, 6.45) is 0.521. The van der Waals surface area contributed by atoms with Crippen LogP contribution in [0.4, 0.5) is 0 Å². The summed E-state index contributed by atoms with van der Waals surface area (Å²) < 4.78 is 0. The third kappa shape index (κ3) is 1.77. The highest BCUT2D eigenvalue weighted by atomic mass is 16.3. The fourth-order valence-corrected chi connectivity index (χ4v) is 1.18. The maximum Gasteiger partial charge on any atom is 0.119 e. The van der Waals surface area contributed by atoms with Crippen molar-refractivity contribution in [3.8, 4) is 5.75 Å². The SMILES string of the molecule is Cc1cc(O)c(CCO)cc1C. The number of benzene rings is 1. The summed E-state index contributed by atoms with van der Waals surface area (Å²) in [5.41, 5.74) is 3.05. The van der Waals surface area contributed by atoms with Crippen molar-refractivity contribution >= 4 is 0 Å². The average Bonchev–Trinajstić information content (AvgIpc) is 2.01. The van der Waals surface area contributed by atoms with Crippen LogP contribution in [-0.2, 0) is 6.42 Å². The Morgan fingerprint density at radius 1 is 1.17 bits per heavy atom. The minimum Gasteiger partial charge on any atom is -0.508 e. The van der Waals surface area contributed by atoms with Gasteiger partial charge in [0.1, 0.15) is 5.75 Å². The van der Waals surface area contributed by atoms with Gasteiger partial charge in [-0.05, 0) is 43.0 Å². The van der Waals surface area contributed by atoms with Gasteiger partial charge in [0.2, 0.25) is 0 Å². The van der Waals surface area contributed by atoms with Gasteiger partial charge in [-0.25, -0.2) is 0 Å².